The Hall–Kier alpha value is -0.340. The molecule has 1 nitrogen and oxygen atoms in total. The maximum absolute atomic E-state index is 8.74. The highest BCUT2D eigenvalue weighted by Gasteiger charge is 2.03. The zero-order valence-electron chi connectivity index (χ0n) is 7.13. The predicted molar refractivity (Wildman–Crippen MR) is 54.3 cm³/mol. The Morgan fingerprint density at radius 1 is 1.33 bits per heavy atom. The highest BCUT2D eigenvalue weighted by Crippen LogP contribution is 2.20. The van der Waals surface area contributed by atoms with Crippen molar-refractivity contribution in [3.63, 3.8) is 0 Å². The minimum atomic E-state index is 0.261. The van der Waals surface area contributed by atoms with Crippen molar-refractivity contribution in [2.45, 2.75) is 19.3 Å². The third kappa shape index (κ3) is 2.61. The first kappa shape index (κ1) is 9.75. The highest BCUT2D eigenvalue weighted by molar-refractivity contribution is 9.10. The number of aliphatic hydroxyl groups is 1. The molecule has 12 heavy (non-hydrogen) atoms. The SMILES string of the molecule is C[C@@H](CCO)c1ccc(Br)cc1. The number of rotatable bonds is 3. The van der Waals surface area contributed by atoms with Crippen LogP contribution in [0.1, 0.15) is 24.8 Å². The van der Waals surface area contributed by atoms with Crippen LogP contribution < -0.4 is 0 Å². The van der Waals surface area contributed by atoms with Crippen molar-refractivity contribution in [2.75, 3.05) is 6.61 Å². The van der Waals surface area contributed by atoms with Gasteiger partial charge in [0.25, 0.3) is 0 Å². The lowest BCUT2D eigenvalue weighted by molar-refractivity contribution is 0.278. The molecule has 1 N–H and O–H groups in total. The van der Waals surface area contributed by atoms with Crippen molar-refractivity contribution in [3.05, 3.63) is 34.3 Å². The second-order valence-electron chi connectivity index (χ2n) is 2.96. The molecule has 0 radical (unpaired) electrons. The molecule has 0 unspecified atom stereocenters. The fraction of sp³-hybridized carbons (Fsp3) is 0.400. The molecule has 0 aliphatic rings. The van der Waals surface area contributed by atoms with Gasteiger partial charge < -0.3 is 5.11 Å². The topological polar surface area (TPSA) is 20.2 Å². The van der Waals surface area contributed by atoms with Crippen molar-refractivity contribution in [2.24, 2.45) is 0 Å². The summed E-state index contributed by atoms with van der Waals surface area (Å²) < 4.78 is 1.10. The maximum Gasteiger partial charge on any atom is 0.0436 e. The van der Waals surface area contributed by atoms with Crippen LogP contribution in [0.25, 0.3) is 0 Å². The monoisotopic (exact) mass is 228 g/mol. The van der Waals surface area contributed by atoms with Gasteiger partial charge in [-0.1, -0.05) is 35.0 Å². The van der Waals surface area contributed by atoms with E-state index in [1.54, 1.807) is 0 Å². The molecule has 0 aromatic heterocycles. The molecule has 0 saturated heterocycles. The van der Waals surface area contributed by atoms with Gasteiger partial charge in [0, 0.05) is 11.1 Å². The van der Waals surface area contributed by atoms with Gasteiger partial charge in [0.1, 0.15) is 0 Å². The van der Waals surface area contributed by atoms with Crippen molar-refractivity contribution >= 4 is 15.9 Å². The molecule has 0 bridgehead atoms. The van der Waals surface area contributed by atoms with E-state index in [1.807, 2.05) is 12.1 Å². The molecule has 2 heteroatoms. The molecule has 1 aromatic rings. The van der Waals surface area contributed by atoms with Crippen LogP contribution in [0, 0.1) is 0 Å². The van der Waals surface area contributed by atoms with Crippen molar-refractivity contribution in [1.82, 2.24) is 0 Å². The average molecular weight is 229 g/mol. The van der Waals surface area contributed by atoms with Gasteiger partial charge in [-0.05, 0) is 30.0 Å². The molecule has 0 amide bonds. The highest BCUT2D eigenvalue weighted by atomic mass is 79.9. The van der Waals surface area contributed by atoms with Gasteiger partial charge in [0.05, 0.1) is 0 Å². The molecule has 1 aromatic carbocycles. The lowest BCUT2D eigenvalue weighted by atomic mass is 9.99. The summed E-state index contributed by atoms with van der Waals surface area (Å²) in [6, 6.07) is 8.24. The van der Waals surface area contributed by atoms with Crippen molar-refractivity contribution < 1.29 is 5.11 Å². The molecule has 0 saturated carbocycles. The zero-order chi connectivity index (χ0) is 8.97. The summed E-state index contributed by atoms with van der Waals surface area (Å²) in [5, 5.41) is 8.74. The third-order valence-corrected chi connectivity index (χ3v) is 2.53. The molecule has 0 fully saturated rings. The maximum atomic E-state index is 8.74. The average Bonchev–Trinajstić information content (AvgIpc) is 2.06. The summed E-state index contributed by atoms with van der Waals surface area (Å²) in [7, 11) is 0. The second kappa shape index (κ2) is 4.63. The molecule has 0 spiro atoms. The number of hydrogen-bond donors (Lipinski definition) is 1. The normalized spacial score (nSPS) is 12.9. The Labute approximate surface area is 81.6 Å². The molecule has 0 heterocycles. The summed E-state index contributed by atoms with van der Waals surface area (Å²) in [4.78, 5) is 0. The summed E-state index contributed by atoms with van der Waals surface area (Å²) in [5.74, 6) is 0.447. The van der Waals surface area contributed by atoms with Crippen LogP contribution in [0.3, 0.4) is 0 Å². The number of hydrogen-bond acceptors (Lipinski definition) is 1. The van der Waals surface area contributed by atoms with Crippen LogP contribution in [0.5, 0.6) is 0 Å². The van der Waals surface area contributed by atoms with Crippen LogP contribution in [0.2, 0.25) is 0 Å². The van der Waals surface area contributed by atoms with Gasteiger partial charge in [0.15, 0.2) is 0 Å². The standard InChI is InChI=1S/C10H13BrO/c1-8(6-7-12)9-2-4-10(11)5-3-9/h2-5,8,12H,6-7H2,1H3/t8-/m0/s1. The zero-order valence-corrected chi connectivity index (χ0v) is 8.71. The van der Waals surface area contributed by atoms with E-state index in [4.69, 9.17) is 5.11 Å². The summed E-state index contributed by atoms with van der Waals surface area (Å²) in [6.07, 6.45) is 0.835. The van der Waals surface area contributed by atoms with Crippen LogP contribution in [-0.2, 0) is 0 Å². The first-order valence-electron chi connectivity index (χ1n) is 4.10. The second-order valence-corrected chi connectivity index (χ2v) is 3.88. The van der Waals surface area contributed by atoms with E-state index in [0.717, 1.165) is 10.9 Å². The van der Waals surface area contributed by atoms with Gasteiger partial charge in [-0.3, -0.25) is 0 Å². The van der Waals surface area contributed by atoms with E-state index < -0.39 is 0 Å². The molecular formula is C10H13BrO. The predicted octanol–water partition coefficient (Wildman–Crippen LogP) is 2.94. The van der Waals surface area contributed by atoms with Crippen molar-refractivity contribution in [1.29, 1.82) is 0 Å². The lowest BCUT2D eigenvalue weighted by Gasteiger charge is -2.09. The van der Waals surface area contributed by atoms with Crippen LogP contribution in [-0.4, -0.2) is 11.7 Å². The van der Waals surface area contributed by atoms with E-state index in [2.05, 4.69) is 35.0 Å². The summed E-state index contributed by atoms with van der Waals surface area (Å²) in [6.45, 7) is 2.39. The van der Waals surface area contributed by atoms with E-state index >= 15 is 0 Å². The van der Waals surface area contributed by atoms with Gasteiger partial charge in [-0.25, -0.2) is 0 Å². The lowest BCUT2D eigenvalue weighted by Crippen LogP contribution is -1.95. The van der Waals surface area contributed by atoms with E-state index in [0.29, 0.717) is 5.92 Å². The summed E-state index contributed by atoms with van der Waals surface area (Å²) >= 11 is 3.38. The van der Waals surface area contributed by atoms with Crippen LogP contribution >= 0.6 is 15.9 Å². The fourth-order valence-electron chi connectivity index (χ4n) is 1.15. The first-order valence-corrected chi connectivity index (χ1v) is 4.89. The molecule has 1 atom stereocenters. The fourth-order valence-corrected chi connectivity index (χ4v) is 1.42. The quantitative estimate of drug-likeness (QED) is 0.844. The van der Waals surface area contributed by atoms with Gasteiger partial charge in [0.2, 0.25) is 0 Å². The molecule has 66 valence electrons. The van der Waals surface area contributed by atoms with Crippen molar-refractivity contribution in [3.8, 4) is 0 Å². The van der Waals surface area contributed by atoms with Gasteiger partial charge in [-0.2, -0.15) is 0 Å². The number of aliphatic hydroxyl groups excluding tert-OH is 1. The van der Waals surface area contributed by atoms with E-state index in [9.17, 15) is 0 Å². The Morgan fingerprint density at radius 3 is 2.42 bits per heavy atom. The molecule has 1 rings (SSSR count). The smallest absolute Gasteiger partial charge is 0.0436 e. The molecule has 0 aliphatic carbocycles. The van der Waals surface area contributed by atoms with E-state index in [-0.39, 0.29) is 6.61 Å². The minimum absolute atomic E-state index is 0.261. The summed E-state index contributed by atoms with van der Waals surface area (Å²) in [5.41, 5.74) is 1.28. The Balaban J connectivity index is 2.68. The Morgan fingerprint density at radius 2 is 1.92 bits per heavy atom. The Kier molecular flexibility index (Phi) is 3.76. The molecular weight excluding hydrogens is 216 g/mol. The van der Waals surface area contributed by atoms with Gasteiger partial charge >= 0.3 is 0 Å². The third-order valence-electron chi connectivity index (χ3n) is 2.00. The van der Waals surface area contributed by atoms with Crippen LogP contribution in [0.15, 0.2) is 28.7 Å². The minimum Gasteiger partial charge on any atom is -0.396 e. The van der Waals surface area contributed by atoms with Crippen LogP contribution in [0.4, 0.5) is 0 Å². The first-order chi connectivity index (χ1) is 5.74. The van der Waals surface area contributed by atoms with E-state index in [1.165, 1.54) is 5.56 Å². The number of halogens is 1. The number of benzene rings is 1. The van der Waals surface area contributed by atoms with Gasteiger partial charge in [-0.15, -0.1) is 0 Å². The Bertz CT molecular complexity index is 230. The molecule has 0 aliphatic heterocycles. The largest absolute Gasteiger partial charge is 0.396 e.